The zero-order valence-electron chi connectivity index (χ0n) is 15.2. The summed E-state index contributed by atoms with van der Waals surface area (Å²) in [6.45, 7) is 1.62. The highest BCUT2D eigenvalue weighted by molar-refractivity contribution is 6.15. The number of carbonyl (C=O) groups is 1. The number of benzene rings is 2. The Kier molecular flexibility index (Phi) is 5.55. The number of nitriles is 1. The predicted molar refractivity (Wildman–Crippen MR) is 99.9 cm³/mol. The molecular weight excluding hydrogens is 383 g/mol. The van der Waals surface area contributed by atoms with E-state index in [0.29, 0.717) is 17.1 Å². The van der Waals surface area contributed by atoms with Gasteiger partial charge in [0.1, 0.15) is 28.9 Å². The molecule has 0 spiro atoms. The lowest BCUT2D eigenvalue weighted by Crippen LogP contribution is -2.16. The highest BCUT2D eigenvalue weighted by Gasteiger charge is 2.31. The molecule has 0 saturated heterocycles. The molecule has 0 radical (unpaired) electrons. The van der Waals surface area contributed by atoms with Gasteiger partial charge in [-0.1, -0.05) is 42.5 Å². The van der Waals surface area contributed by atoms with Crippen LogP contribution in [-0.4, -0.2) is 12.1 Å². The first-order valence-corrected chi connectivity index (χ1v) is 8.45. The molecule has 29 heavy (non-hydrogen) atoms. The molecule has 7 heteroatoms. The van der Waals surface area contributed by atoms with Crippen LogP contribution < -0.4 is 4.74 Å². The van der Waals surface area contributed by atoms with Crippen molar-refractivity contribution in [1.82, 2.24) is 0 Å². The Morgan fingerprint density at radius 2 is 1.76 bits per heavy atom. The van der Waals surface area contributed by atoms with E-state index in [4.69, 9.17) is 4.42 Å². The van der Waals surface area contributed by atoms with Crippen LogP contribution in [0.1, 0.15) is 21.7 Å². The van der Waals surface area contributed by atoms with Gasteiger partial charge in [0.15, 0.2) is 0 Å². The Hall–Kier alpha value is -3.79. The van der Waals surface area contributed by atoms with E-state index >= 15 is 0 Å². The van der Waals surface area contributed by atoms with E-state index in [1.165, 1.54) is 18.2 Å². The van der Waals surface area contributed by atoms with Gasteiger partial charge in [-0.25, -0.2) is 0 Å². The lowest BCUT2D eigenvalue weighted by atomic mass is 10.0. The maximum atomic E-state index is 12.8. The molecule has 146 valence electrons. The number of carbonyl (C=O) groups excluding carboxylic acids is 1. The van der Waals surface area contributed by atoms with Gasteiger partial charge >= 0.3 is 6.36 Å². The summed E-state index contributed by atoms with van der Waals surface area (Å²) in [5.41, 5.74) is 1.25. The molecule has 0 fully saturated rings. The van der Waals surface area contributed by atoms with Gasteiger partial charge in [0.2, 0.25) is 5.78 Å². The molecule has 0 aliphatic carbocycles. The van der Waals surface area contributed by atoms with E-state index < -0.39 is 17.9 Å². The van der Waals surface area contributed by atoms with Gasteiger partial charge in [-0.15, -0.1) is 13.2 Å². The number of hydrogen-bond acceptors (Lipinski definition) is 4. The Morgan fingerprint density at radius 1 is 1.10 bits per heavy atom. The molecule has 3 rings (SSSR count). The van der Waals surface area contributed by atoms with Crippen molar-refractivity contribution in [3.05, 3.63) is 83.1 Å². The third kappa shape index (κ3) is 4.93. The number of halogens is 3. The monoisotopic (exact) mass is 397 g/mol. The maximum Gasteiger partial charge on any atom is 0.573 e. The minimum atomic E-state index is -4.79. The van der Waals surface area contributed by atoms with Gasteiger partial charge in [-0.05, 0) is 36.8 Å². The summed E-state index contributed by atoms with van der Waals surface area (Å²) in [4.78, 5) is 12.8. The Labute approximate surface area is 164 Å². The standard InChI is InChI=1S/C22H14F3NO3/c1-14-19(12-20(28-14)16-5-3-2-4-6-16)21(27)17(13-26)11-15-7-9-18(10-8-15)29-22(23,24)25/h2-12H,1H3/b17-11-. The lowest BCUT2D eigenvalue weighted by Gasteiger charge is -2.08. The van der Waals surface area contributed by atoms with Crippen LogP contribution >= 0.6 is 0 Å². The zero-order chi connectivity index (χ0) is 21.0. The summed E-state index contributed by atoms with van der Waals surface area (Å²) < 4.78 is 46.1. The number of nitrogens with zero attached hydrogens (tertiary/aromatic N) is 1. The van der Waals surface area contributed by atoms with Crippen LogP contribution in [0.2, 0.25) is 0 Å². The lowest BCUT2D eigenvalue weighted by molar-refractivity contribution is -0.274. The molecular formula is C22H14F3NO3. The number of ether oxygens (including phenoxy) is 1. The number of alkyl halides is 3. The molecule has 1 aromatic heterocycles. The highest BCUT2D eigenvalue weighted by Crippen LogP contribution is 2.28. The molecule has 1 heterocycles. The van der Waals surface area contributed by atoms with Crippen molar-refractivity contribution >= 4 is 11.9 Å². The van der Waals surface area contributed by atoms with Crippen LogP contribution in [0.25, 0.3) is 17.4 Å². The van der Waals surface area contributed by atoms with Crippen LogP contribution in [0, 0.1) is 18.3 Å². The number of hydrogen-bond donors (Lipinski definition) is 0. The third-order valence-corrected chi connectivity index (χ3v) is 4.01. The number of ketones is 1. The molecule has 0 atom stereocenters. The van der Waals surface area contributed by atoms with Crippen molar-refractivity contribution in [3.8, 4) is 23.1 Å². The Morgan fingerprint density at radius 3 is 2.34 bits per heavy atom. The molecule has 0 saturated carbocycles. The van der Waals surface area contributed by atoms with E-state index in [2.05, 4.69) is 4.74 Å². The predicted octanol–water partition coefficient (Wildman–Crippen LogP) is 5.94. The second kappa shape index (κ2) is 8.07. The quantitative estimate of drug-likeness (QED) is 0.303. The summed E-state index contributed by atoms with van der Waals surface area (Å²) in [5, 5.41) is 9.40. The van der Waals surface area contributed by atoms with Crippen molar-refractivity contribution < 1.29 is 27.1 Å². The summed E-state index contributed by atoms with van der Waals surface area (Å²) in [6.07, 6.45) is -3.49. The smallest absolute Gasteiger partial charge is 0.461 e. The topological polar surface area (TPSA) is 63.2 Å². The summed E-state index contributed by atoms with van der Waals surface area (Å²) in [7, 11) is 0. The van der Waals surface area contributed by atoms with E-state index in [-0.39, 0.29) is 11.1 Å². The van der Waals surface area contributed by atoms with Crippen LogP contribution in [0.3, 0.4) is 0 Å². The van der Waals surface area contributed by atoms with Crippen LogP contribution in [0.15, 0.2) is 70.7 Å². The third-order valence-electron chi connectivity index (χ3n) is 4.01. The fraction of sp³-hybridized carbons (Fsp3) is 0.0909. The van der Waals surface area contributed by atoms with Crippen LogP contribution in [0.5, 0.6) is 5.75 Å². The molecule has 3 aromatic rings. The molecule has 4 nitrogen and oxygen atoms in total. The van der Waals surface area contributed by atoms with Gasteiger partial charge in [0, 0.05) is 5.56 Å². The first-order chi connectivity index (χ1) is 13.8. The Bertz CT molecular complexity index is 1090. The van der Waals surface area contributed by atoms with Gasteiger partial charge in [-0.2, -0.15) is 5.26 Å². The highest BCUT2D eigenvalue weighted by atomic mass is 19.4. The Balaban J connectivity index is 1.86. The molecule has 0 unspecified atom stereocenters. The van der Waals surface area contributed by atoms with Crippen molar-refractivity contribution in [3.63, 3.8) is 0 Å². The first kappa shape index (κ1) is 20.0. The average molecular weight is 397 g/mol. The van der Waals surface area contributed by atoms with E-state index in [0.717, 1.165) is 17.7 Å². The molecule has 0 bridgehead atoms. The minimum absolute atomic E-state index is 0.169. The summed E-state index contributed by atoms with van der Waals surface area (Å²) in [6, 6.07) is 17.4. The second-order valence-corrected chi connectivity index (χ2v) is 6.06. The normalized spacial score (nSPS) is 11.8. The van der Waals surface area contributed by atoms with Gasteiger partial charge < -0.3 is 9.15 Å². The van der Waals surface area contributed by atoms with Crippen molar-refractivity contribution in [2.75, 3.05) is 0 Å². The number of furan rings is 1. The number of Topliss-reactive ketones (excluding diaryl/α,β-unsaturated/α-hetero) is 1. The minimum Gasteiger partial charge on any atom is -0.461 e. The number of rotatable bonds is 5. The van der Waals surface area contributed by atoms with Crippen LogP contribution in [0.4, 0.5) is 13.2 Å². The zero-order valence-corrected chi connectivity index (χ0v) is 15.2. The van der Waals surface area contributed by atoms with Gasteiger partial charge in [-0.3, -0.25) is 4.79 Å². The molecule has 0 aliphatic rings. The number of aryl methyl sites for hydroxylation is 1. The average Bonchev–Trinajstić information content (AvgIpc) is 3.08. The van der Waals surface area contributed by atoms with Crippen molar-refractivity contribution in [2.45, 2.75) is 13.3 Å². The summed E-state index contributed by atoms with van der Waals surface area (Å²) in [5.74, 6) is -0.0643. The molecule has 0 amide bonds. The molecule has 0 N–H and O–H groups in total. The maximum absolute atomic E-state index is 12.8. The van der Waals surface area contributed by atoms with Crippen molar-refractivity contribution in [1.29, 1.82) is 5.26 Å². The van der Waals surface area contributed by atoms with Gasteiger partial charge in [0.05, 0.1) is 5.56 Å². The van der Waals surface area contributed by atoms with E-state index in [9.17, 15) is 23.2 Å². The van der Waals surface area contributed by atoms with Crippen molar-refractivity contribution in [2.24, 2.45) is 0 Å². The SMILES string of the molecule is Cc1oc(-c2ccccc2)cc1C(=O)/C(C#N)=C\c1ccc(OC(F)(F)F)cc1. The van der Waals surface area contributed by atoms with Gasteiger partial charge in [0.25, 0.3) is 0 Å². The largest absolute Gasteiger partial charge is 0.573 e. The summed E-state index contributed by atoms with van der Waals surface area (Å²) >= 11 is 0. The van der Waals surface area contributed by atoms with Crippen LogP contribution in [-0.2, 0) is 0 Å². The first-order valence-electron chi connectivity index (χ1n) is 8.45. The second-order valence-electron chi connectivity index (χ2n) is 6.06. The number of allylic oxidation sites excluding steroid dienone is 1. The fourth-order valence-corrected chi connectivity index (χ4v) is 2.68. The molecule has 2 aromatic carbocycles. The van der Waals surface area contributed by atoms with E-state index in [1.807, 2.05) is 36.4 Å². The van der Waals surface area contributed by atoms with E-state index in [1.54, 1.807) is 13.0 Å². The molecule has 0 aliphatic heterocycles. The fourth-order valence-electron chi connectivity index (χ4n) is 2.68.